The van der Waals surface area contributed by atoms with E-state index in [1.165, 1.54) is 18.2 Å². The fourth-order valence-corrected chi connectivity index (χ4v) is 3.29. The number of fused-ring (bicyclic) bond motifs is 3. The number of aromatic nitrogens is 1. The van der Waals surface area contributed by atoms with E-state index in [9.17, 15) is 18.0 Å². The predicted molar refractivity (Wildman–Crippen MR) is 92.2 cm³/mol. The topological polar surface area (TPSA) is 48.0 Å². The summed E-state index contributed by atoms with van der Waals surface area (Å²) < 4.78 is 42.6. The Morgan fingerprint density at radius 2 is 1.73 bits per heavy atom. The fourth-order valence-electron chi connectivity index (χ4n) is 3.29. The van der Waals surface area contributed by atoms with Crippen LogP contribution in [0.2, 0.25) is 0 Å². The predicted octanol–water partition coefficient (Wildman–Crippen LogP) is 4.16. The number of rotatable bonds is 3. The molecule has 4 rings (SSSR count). The summed E-state index contributed by atoms with van der Waals surface area (Å²) in [5, 5.41) is 0.859. The number of amides is 1. The molecule has 0 unspecified atom stereocenters. The van der Waals surface area contributed by atoms with Gasteiger partial charge < -0.3 is 10.3 Å². The Bertz CT molecular complexity index is 1160. The second-order valence-corrected chi connectivity index (χ2v) is 5.99. The third kappa shape index (κ3) is 2.60. The molecule has 0 bridgehead atoms. The monoisotopic (exact) mass is 353 g/mol. The lowest BCUT2D eigenvalue weighted by Crippen LogP contribution is -2.11. The van der Waals surface area contributed by atoms with E-state index in [4.69, 9.17) is 5.73 Å². The SMILES string of the molecule is NC(=O)c1cccc2c1c1[c]c(F)ccc1n2Cc1cc(F)cc(F)c1. The summed E-state index contributed by atoms with van der Waals surface area (Å²) >= 11 is 0. The molecule has 4 aromatic rings. The highest BCUT2D eigenvalue weighted by atomic mass is 19.1. The van der Waals surface area contributed by atoms with Gasteiger partial charge in [-0.3, -0.25) is 4.79 Å². The Morgan fingerprint density at radius 1 is 1.00 bits per heavy atom. The van der Waals surface area contributed by atoms with Gasteiger partial charge in [-0.2, -0.15) is 0 Å². The molecular formula is C20H12F3N2O. The van der Waals surface area contributed by atoms with Gasteiger partial charge in [0.25, 0.3) is 0 Å². The fraction of sp³-hybridized carbons (Fsp3) is 0.0500. The standard InChI is InChI=1S/C20H12F3N2O/c21-12-4-5-17-16(9-12)19-15(20(24)26)2-1-3-18(19)25(17)10-11-6-13(22)8-14(23)7-11/h1-8H,10H2,(H2,24,26). The van der Waals surface area contributed by atoms with E-state index in [1.807, 2.05) is 0 Å². The number of benzene rings is 3. The van der Waals surface area contributed by atoms with Gasteiger partial charge in [-0.05, 0) is 42.0 Å². The molecular weight excluding hydrogens is 341 g/mol. The van der Waals surface area contributed by atoms with Gasteiger partial charge in [0.15, 0.2) is 0 Å². The molecule has 6 heteroatoms. The van der Waals surface area contributed by atoms with Gasteiger partial charge >= 0.3 is 0 Å². The van der Waals surface area contributed by atoms with Crippen LogP contribution >= 0.6 is 0 Å². The molecule has 2 N–H and O–H groups in total. The van der Waals surface area contributed by atoms with Crippen molar-refractivity contribution in [1.29, 1.82) is 0 Å². The van der Waals surface area contributed by atoms with Crippen molar-refractivity contribution >= 4 is 27.7 Å². The van der Waals surface area contributed by atoms with Crippen molar-refractivity contribution in [2.24, 2.45) is 5.73 Å². The van der Waals surface area contributed by atoms with Crippen LogP contribution in [0.15, 0.2) is 48.5 Å². The van der Waals surface area contributed by atoms with E-state index in [1.54, 1.807) is 28.8 Å². The number of nitrogens with two attached hydrogens (primary N) is 1. The van der Waals surface area contributed by atoms with Crippen molar-refractivity contribution in [3.63, 3.8) is 0 Å². The molecule has 3 aromatic carbocycles. The first-order valence-electron chi connectivity index (χ1n) is 7.81. The van der Waals surface area contributed by atoms with E-state index in [0.29, 0.717) is 27.4 Å². The third-order valence-electron chi connectivity index (χ3n) is 4.29. The molecule has 0 saturated carbocycles. The summed E-state index contributed by atoms with van der Waals surface area (Å²) in [6, 6.07) is 13.6. The zero-order valence-corrected chi connectivity index (χ0v) is 13.4. The Hall–Kier alpha value is -3.28. The lowest BCUT2D eigenvalue weighted by atomic mass is 10.1. The van der Waals surface area contributed by atoms with Crippen LogP contribution in [0.3, 0.4) is 0 Å². The molecule has 1 radical (unpaired) electrons. The number of hydrogen-bond donors (Lipinski definition) is 1. The first kappa shape index (κ1) is 16.2. The molecule has 1 amide bonds. The highest BCUT2D eigenvalue weighted by molar-refractivity contribution is 6.17. The maximum absolute atomic E-state index is 13.8. The van der Waals surface area contributed by atoms with Crippen LogP contribution in [0, 0.1) is 23.5 Å². The van der Waals surface area contributed by atoms with Gasteiger partial charge in [0.1, 0.15) is 17.5 Å². The zero-order valence-electron chi connectivity index (χ0n) is 13.4. The highest BCUT2D eigenvalue weighted by Gasteiger charge is 2.17. The van der Waals surface area contributed by atoms with Crippen molar-refractivity contribution in [3.05, 3.63) is 83.2 Å². The van der Waals surface area contributed by atoms with E-state index >= 15 is 0 Å². The number of halogens is 3. The Labute approximate surface area is 146 Å². The lowest BCUT2D eigenvalue weighted by molar-refractivity contribution is 0.100. The minimum atomic E-state index is -0.684. The van der Waals surface area contributed by atoms with Crippen LogP contribution in [0.4, 0.5) is 13.2 Å². The highest BCUT2D eigenvalue weighted by Crippen LogP contribution is 2.32. The van der Waals surface area contributed by atoms with E-state index < -0.39 is 23.4 Å². The average Bonchev–Trinajstić information content (AvgIpc) is 2.87. The summed E-state index contributed by atoms with van der Waals surface area (Å²) in [4.78, 5) is 11.8. The molecule has 129 valence electrons. The maximum Gasteiger partial charge on any atom is 0.249 e. The molecule has 1 aromatic heterocycles. The molecule has 0 aliphatic rings. The second-order valence-electron chi connectivity index (χ2n) is 5.99. The normalized spacial score (nSPS) is 11.3. The minimum Gasteiger partial charge on any atom is -0.366 e. The number of carbonyl (C=O) groups excluding carboxylic acids is 1. The van der Waals surface area contributed by atoms with E-state index in [-0.39, 0.29) is 12.1 Å². The first-order valence-corrected chi connectivity index (χ1v) is 7.81. The minimum absolute atomic E-state index is 0.135. The number of primary amides is 1. The Balaban J connectivity index is 2.04. The van der Waals surface area contributed by atoms with Gasteiger partial charge in [0, 0.05) is 35.0 Å². The van der Waals surface area contributed by atoms with Gasteiger partial charge in [0.2, 0.25) is 5.91 Å². The van der Waals surface area contributed by atoms with Crippen molar-refractivity contribution in [2.45, 2.75) is 6.54 Å². The molecule has 0 spiro atoms. The van der Waals surface area contributed by atoms with Gasteiger partial charge in [-0.1, -0.05) is 6.07 Å². The summed E-state index contributed by atoms with van der Waals surface area (Å²) in [7, 11) is 0. The zero-order chi connectivity index (χ0) is 18.4. The first-order chi connectivity index (χ1) is 12.4. The van der Waals surface area contributed by atoms with Gasteiger partial charge in [0.05, 0.1) is 11.0 Å². The van der Waals surface area contributed by atoms with E-state index in [0.717, 1.165) is 6.07 Å². The third-order valence-corrected chi connectivity index (χ3v) is 4.29. The molecule has 0 fully saturated rings. The van der Waals surface area contributed by atoms with Crippen LogP contribution < -0.4 is 5.73 Å². The molecule has 3 nitrogen and oxygen atoms in total. The van der Waals surface area contributed by atoms with Gasteiger partial charge in [-0.25, -0.2) is 13.2 Å². The van der Waals surface area contributed by atoms with Crippen LogP contribution in [0.25, 0.3) is 21.8 Å². The molecule has 1 heterocycles. The van der Waals surface area contributed by atoms with E-state index in [2.05, 4.69) is 6.07 Å². The number of hydrogen-bond acceptors (Lipinski definition) is 1. The molecule has 0 aliphatic heterocycles. The number of nitrogens with zero attached hydrogens (tertiary/aromatic N) is 1. The Kier molecular flexibility index (Phi) is 3.68. The van der Waals surface area contributed by atoms with Crippen LogP contribution in [0.1, 0.15) is 15.9 Å². The maximum atomic E-state index is 13.8. The van der Waals surface area contributed by atoms with Crippen molar-refractivity contribution in [1.82, 2.24) is 4.57 Å². The smallest absolute Gasteiger partial charge is 0.249 e. The average molecular weight is 353 g/mol. The van der Waals surface area contributed by atoms with Crippen LogP contribution in [0.5, 0.6) is 0 Å². The largest absolute Gasteiger partial charge is 0.366 e. The van der Waals surface area contributed by atoms with Crippen molar-refractivity contribution in [2.75, 3.05) is 0 Å². The van der Waals surface area contributed by atoms with Crippen LogP contribution in [-0.2, 0) is 6.54 Å². The lowest BCUT2D eigenvalue weighted by Gasteiger charge is -2.08. The Morgan fingerprint density at radius 3 is 2.42 bits per heavy atom. The molecule has 0 saturated heterocycles. The summed E-state index contributed by atoms with van der Waals surface area (Å²) in [6.45, 7) is 0.135. The van der Waals surface area contributed by atoms with Crippen molar-refractivity contribution in [3.8, 4) is 0 Å². The quantitative estimate of drug-likeness (QED) is 0.591. The molecule has 0 aliphatic carbocycles. The summed E-state index contributed by atoms with van der Waals surface area (Å²) in [5.41, 5.74) is 7.27. The van der Waals surface area contributed by atoms with Crippen LogP contribution in [-0.4, -0.2) is 10.5 Å². The summed E-state index contributed by atoms with van der Waals surface area (Å²) in [5.74, 6) is -2.59. The number of carbonyl (C=O) groups is 1. The summed E-state index contributed by atoms with van der Waals surface area (Å²) in [6.07, 6.45) is 0. The molecule has 0 atom stereocenters. The molecule has 26 heavy (non-hydrogen) atoms. The van der Waals surface area contributed by atoms with Crippen molar-refractivity contribution < 1.29 is 18.0 Å². The second kappa shape index (κ2) is 5.91. The van der Waals surface area contributed by atoms with Gasteiger partial charge in [-0.15, -0.1) is 0 Å².